The zero-order chi connectivity index (χ0) is 23.7. The fourth-order valence-corrected chi connectivity index (χ4v) is 4.44. The highest BCUT2D eigenvalue weighted by Crippen LogP contribution is 2.31. The van der Waals surface area contributed by atoms with Crippen LogP contribution in [0.15, 0.2) is 23.2 Å². The highest BCUT2D eigenvalue weighted by molar-refractivity contribution is 7.99. The summed E-state index contributed by atoms with van der Waals surface area (Å²) >= 11 is 1.18. The topological polar surface area (TPSA) is 81.4 Å². The summed E-state index contributed by atoms with van der Waals surface area (Å²) in [4.78, 5) is 23.8. The third-order valence-corrected chi connectivity index (χ3v) is 6.30. The summed E-state index contributed by atoms with van der Waals surface area (Å²) in [5.41, 5.74) is 0.00655. The minimum atomic E-state index is -1.25. The molecule has 32 heavy (non-hydrogen) atoms. The predicted molar refractivity (Wildman–Crippen MR) is 119 cm³/mol. The van der Waals surface area contributed by atoms with Crippen LogP contribution in [-0.4, -0.2) is 39.2 Å². The first-order chi connectivity index (χ1) is 15.3. The Morgan fingerprint density at radius 2 is 2.00 bits per heavy atom. The Labute approximate surface area is 191 Å². The molecule has 0 saturated heterocycles. The fourth-order valence-electron chi connectivity index (χ4n) is 3.30. The Hall–Kier alpha value is -2.42. The molecule has 0 radical (unpaired) electrons. The van der Waals surface area contributed by atoms with Crippen LogP contribution in [0.1, 0.15) is 68.9 Å². The number of unbranched alkanes of at least 4 members (excludes halogenated alkanes) is 1. The second-order valence-corrected chi connectivity index (χ2v) is 8.58. The lowest BCUT2D eigenvalue weighted by molar-refractivity contribution is -0.144. The van der Waals surface area contributed by atoms with E-state index in [1.807, 2.05) is 0 Å². The molecule has 0 bridgehead atoms. The molecule has 0 amide bonds. The number of benzene rings is 1. The number of carbonyl (C=O) groups excluding carboxylic acids is 1. The molecule has 0 aliphatic carbocycles. The number of esters is 1. The maximum absolute atomic E-state index is 14.4. The predicted octanol–water partition coefficient (Wildman–Crippen LogP) is 5.65. The van der Waals surface area contributed by atoms with Gasteiger partial charge in [0.1, 0.15) is 22.3 Å². The van der Waals surface area contributed by atoms with Crippen LogP contribution in [0, 0.1) is 17.6 Å². The van der Waals surface area contributed by atoms with Gasteiger partial charge in [-0.15, -0.1) is 11.8 Å². The van der Waals surface area contributed by atoms with E-state index in [9.17, 15) is 23.5 Å². The second-order valence-electron chi connectivity index (χ2n) is 7.50. The standard InChI is InChI=1S/C23H30F2N2O4S/c1-4-7-8-15(5-2)14-31-20(28)11-12-32-22-17(6-3)21(23(29)30)26-27(22)19-13-16(24)9-10-18(19)25/h9-10,13,15H,4-8,11-12,14H2,1-3H3,(H,29,30). The molecule has 0 spiro atoms. The Morgan fingerprint density at radius 1 is 1.25 bits per heavy atom. The van der Waals surface area contributed by atoms with Gasteiger partial charge < -0.3 is 9.84 Å². The molecule has 1 aromatic carbocycles. The summed E-state index contributed by atoms with van der Waals surface area (Å²) in [5.74, 6) is -2.36. The SMILES string of the molecule is CCCCC(CC)COC(=O)CCSc1c(CC)c(C(=O)O)nn1-c1cc(F)ccc1F. The van der Waals surface area contributed by atoms with E-state index in [1.54, 1.807) is 6.92 Å². The van der Waals surface area contributed by atoms with E-state index in [0.29, 0.717) is 35.3 Å². The third kappa shape index (κ3) is 6.79. The molecular weight excluding hydrogens is 438 g/mol. The van der Waals surface area contributed by atoms with Gasteiger partial charge in [-0.3, -0.25) is 4.79 Å². The van der Waals surface area contributed by atoms with Gasteiger partial charge in [0.2, 0.25) is 0 Å². The van der Waals surface area contributed by atoms with Gasteiger partial charge in [-0.05, 0) is 30.9 Å². The van der Waals surface area contributed by atoms with E-state index in [0.717, 1.165) is 48.6 Å². The lowest BCUT2D eigenvalue weighted by Gasteiger charge is -2.14. The number of ether oxygens (including phenoxy) is 1. The summed E-state index contributed by atoms with van der Waals surface area (Å²) < 4.78 is 34.6. The maximum atomic E-state index is 14.4. The highest BCUT2D eigenvalue weighted by atomic mass is 32.2. The number of carboxylic acid groups (broad SMARTS) is 1. The van der Waals surface area contributed by atoms with Gasteiger partial charge in [-0.25, -0.2) is 18.3 Å². The molecule has 0 aliphatic heterocycles. The highest BCUT2D eigenvalue weighted by Gasteiger charge is 2.24. The quantitative estimate of drug-likeness (QED) is 0.302. The van der Waals surface area contributed by atoms with Crippen molar-refractivity contribution in [3.05, 3.63) is 41.1 Å². The number of hydrogen-bond acceptors (Lipinski definition) is 5. The molecule has 1 N–H and O–H groups in total. The number of carboxylic acids is 1. The van der Waals surface area contributed by atoms with Crippen molar-refractivity contribution in [1.82, 2.24) is 9.78 Å². The van der Waals surface area contributed by atoms with E-state index in [-0.39, 0.29) is 23.8 Å². The van der Waals surface area contributed by atoms with E-state index in [1.165, 1.54) is 11.8 Å². The Bertz CT molecular complexity index is 933. The molecular formula is C23H30F2N2O4S. The lowest BCUT2D eigenvalue weighted by Crippen LogP contribution is -2.14. The minimum absolute atomic E-state index is 0.108. The molecule has 0 saturated carbocycles. The van der Waals surface area contributed by atoms with Crippen molar-refractivity contribution < 1.29 is 28.2 Å². The number of aromatic carboxylic acids is 1. The lowest BCUT2D eigenvalue weighted by atomic mass is 10.0. The van der Waals surface area contributed by atoms with Gasteiger partial charge in [0.25, 0.3) is 0 Å². The maximum Gasteiger partial charge on any atom is 0.356 e. The van der Waals surface area contributed by atoms with E-state index >= 15 is 0 Å². The van der Waals surface area contributed by atoms with Gasteiger partial charge in [0, 0.05) is 17.4 Å². The van der Waals surface area contributed by atoms with Crippen molar-refractivity contribution in [2.24, 2.45) is 5.92 Å². The molecule has 0 fully saturated rings. The van der Waals surface area contributed by atoms with Crippen LogP contribution >= 0.6 is 11.8 Å². The monoisotopic (exact) mass is 468 g/mol. The number of hydrogen-bond donors (Lipinski definition) is 1. The van der Waals surface area contributed by atoms with Gasteiger partial charge in [0.05, 0.1) is 13.0 Å². The van der Waals surface area contributed by atoms with Crippen molar-refractivity contribution in [2.75, 3.05) is 12.4 Å². The number of thioether (sulfide) groups is 1. The molecule has 176 valence electrons. The van der Waals surface area contributed by atoms with Crippen molar-refractivity contribution in [1.29, 1.82) is 0 Å². The number of halogens is 2. The number of carbonyl (C=O) groups is 2. The zero-order valence-corrected chi connectivity index (χ0v) is 19.5. The average molecular weight is 469 g/mol. The van der Waals surface area contributed by atoms with Crippen LogP contribution in [0.25, 0.3) is 5.69 Å². The fraction of sp³-hybridized carbons (Fsp3) is 0.522. The summed E-state index contributed by atoms with van der Waals surface area (Å²) in [5, 5.41) is 13.9. The Morgan fingerprint density at radius 3 is 2.62 bits per heavy atom. The van der Waals surface area contributed by atoms with Crippen molar-refractivity contribution in [3.63, 3.8) is 0 Å². The van der Waals surface area contributed by atoms with Gasteiger partial charge in [-0.2, -0.15) is 5.10 Å². The molecule has 1 atom stereocenters. The van der Waals surface area contributed by atoms with Gasteiger partial charge in [0.15, 0.2) is 5.69 Å². The molecule has 0 aliphatic rings. The largest absolute Gasteiger partial charge is 0.476 e. The van der Waals surface area contributed by atoms with Crippen LogP contribution in [0.4, 0.5) is 8.78 Å². The molecule has 1 unspecified atom stereocenters. The zero-order valence-electron chi connectivity index (χ0n) is 18.7. The molecule has 1 heterocycles. The number of nitrogens with zero attached hydrogens (tertiary/aromatic N) is 2. The summed E-state index contributed by atoms with van der Waals surface area (Å²) in [7, 11) is 0. The van der Waals surface area contributed by atoms with Crippen LogP contribution in [-0.2, 0) is 16.0 Å². The van der Waals surface area contributed by atoms with E-state index in [2.05, 4.69) is 18.9 Å². The first-order valence-electron chi connectivity index (χ1n) is 10.9. The Balaban J connectivity index is 2.14. The average Bonchev–Trinajstić information content (AvgIpc) is 3.14. The second kappa shape index (κ2) is 12.6. The normalized spacial score (nSPS) is 12.0. The molecule has 9 heteroatoms. The van der Waals surface area contributed by atoms with Crippen LogP contribution < -0.4 is 0 Å². The first kappa shape index (κ1) is 25.8. The van der Waals surface area contributed by atoms with Crippen LogP contribution in [0.3, 0.4) is 0 Å². The Kier molecular flexibility index (Phi) is 10.2. The van der Waals surface area contributed by atoms with Crippen LogP contribution in [0.2, 0.25) is 0 Å². The van der Waals surface area contributed by atoms with E-state index in [4.69, 9.17) is 4.74 Å². The smallest absolute Gasteiger partial charge is 0.356 e. The molecule has 2 rings (SSSR count). The molecule has 1 aromatic heterocycles. The minimum Gasteiger partial charge on any atom is -0.476 e. The van der Waals surface area contributed by atoms with E-state index < -0.39 is 17.6 Å². The molecule has 6 nitrogen and oxygen atoms in total. The van der Waals surface area contributed by atoms with Gasteiger partial charge >= 0.3 is 11.9 Å². The van der Waals surface area contributed by atoms with Crippen LogP contribution in [0.5, 0.6) is 0 Å². The summed E-state index contributed by atoms with van der Waals surface area (Å²) in [6.07, 6.45) is 4.60. The van der Waals surface area contributed by atoms with Crippen molar-refractivity contribution in [2.45, 2.75) is 64.3 Å². The van der Waals surface area contributed by atoms with Crippen molar-refractivity contribution >= 4 is 23.7 Å². The first-order valence-corrected chi connectivity index (χ1v) is 11.9. The number of aromatic nitrogens is 2. The third-order valence-electron chi connectivity index (χ3n) is 5.20. The molecule has 2 aromatic rings. The summed E-state index contributed by atoms with van der Waals surface area (Å²) in [6, 6.07) is 2.91. The van der Waals surface area contributed by atoms with Gasteiger partial charge in [-0.1, -0.05) is 40.0 Å². The number of rotatable bonds is 13. The summed E-state index contributed by atoms with van der Waals surface area (Å²) in [6.45, 7) is 6.34. The van der Waals surface area contributed by atoms with Crippen molar-refractivity contribution in [3.8, 4) is 5.69 Å².